The van der Waals surface area contributed by atoms with Gasteiger partial charge in [0, 0.05) is 23.5 Å². The first-order valence-corrected chi connectivity index (χ1v) is 12.2. The highest BCUT2D eigenvalue weighted by molar-refractivity contribution is 7.98. The highest BCUT2D eigenvalue weighted by Gasteiger charge is 2.22. The number of amides is 1. The molecule has 0 fully saturated rings. The molecule has 0 saturated carbocycles. The van der Waals surface area contributed by atoms with Gasteiger partial charge in [0.05, 0.1) is 10.2 Å². The number of carbonyl (C=O) groups excluding carboxylic acids is 1. The number of nitrogens with zero attached hydrogens (tertiary/aromatic N) is 3. The van der Waals surface area contributed by atoms with Crippen molar-refractivity contribution in [3.05, 3.63) is 53.6 Å². The number of halogens is 1. The van der Waals surface area contributed by atoms with Gasteiger partial charge in [-0.3, -0.25) is 9.69 Å². The third-order valence-electron chi connectivity index (χ3n) is 5.22. The average molecular weight is 464 g/mol. The Kier molecular flexibility index (Phi) is 9.62. The third kappa shape index (κ3) is 5.55. The summed E-state index contributed by atoms with van der Waals surface area (Å²) in [6, 6.07) is 14.1. The van der Waals surface area contributed by atoms with Crippen LogP contribution in [0, 0.1) is 0 Å². The molecule has 0 spiro atoms. The number of benzene rings is 2. The van der Waals surface area contributed by atoms with Crippen LogP contribution in [0.4, 0.5) is 5.13 Å². The second kappa shape index (κ2) is 11.7. The molecule has 0 saturated heterocycles. The van der Waals surface area contributed by atoms with Crippen LogP contribution >= 0.6 is 35.5 Å². The molecule has 0 aliphatic carbocycles. The molecule has 0 unspecified atom stereocenters. The van der Waals surface area contributed by atoms with Gasteiger partial charge in [0.15, 0.2) is 5.13 Å². The van der Waals surface area contributed by atoms with Crippen molar-refractivity contribution in [2.24, 2.45) is 0 Å². The zero-order valence-corrected chi connectivity index (χ0v) is 20.5. The lowest BCUT2D eigenvalue weighted by Gasteiger charge is -2.24. The molecule has 0 aliphatic rings. The number of para-hydroxylation sites is 1. The molecular weight excluding hydrogens is 434 g/mol. The van der Waals surface area contributed by atoms with Gasteiger partial charge in [0.25, 0.3) is 5.91 Å². The van der Waals surface area contributed by atoms with Crippen LogP contribution in [0.15, 0.2) is 47.4 Å². The van der Waals surface area contributed by atoms with Crippen LogP contribution in [0.2, 0.25) is 0 Å². The number of hydrogen-bond acceptors (Lipinski definition) is 5. The fourth-order valence-electron chi connectivity index (χ4n) is 3.35. The predicted octanol–water partition coefficient (Wildman–Crippen LogP) is 5.99. The van der Waals surface area contributed by atoms with E-state index in [2.05, 4.69) is 43.9 Å². The summed E-state index contributed by atoms with van der Waals surface area (Å²) in [6.07, 6.45) is 2.98. The number of aromatic nitrogens is 1. The lowest BCUT2D eigenvalue weighted by Crippen LogP contribution is -2.38. The Morgan fingerprint density at radius 2 is 1.73 bits per heavy atom. The maximum Gasteiger partial charge on any atom is 0.260 e. The largest absolute Gasteiger partial charge is 0.302 e. The van der Waals surface area contributed by atoms with Crippen LogP contribution in [-0.4, -0.2) is 48.2 Å². The summed E-state index contributed by atoms with van der Waals surface area (Å²) in [5.41, 5.74) is 2.95. The molecule has 3 rings (SSSR count). The van der Waals surface area contributed by atoms with Crippen molar-refractivity contribution in [2.75, 3.05) is 37.3 Å². The lowest BCUT2D eigenvalue weighted by atomic mass is 10.1. The van der Waals surface area contributed by atoms with Crippen LogP contribution < -0.4 is 4.90 Å². The molecular formula is C23H30ClN3OS2. The van der Waals surface area contributed by atoms with Crippen LogP contribution in [-0.2, 0) is 6.42 Å². The standard InChI is InChI=1S/C23H29N3OS2.ClH/c1-5-17-9-8-10-20-21(17)24-23(29-20)26(16-15-25(6-2)7-3)22(27)18-11-13-19(28-4)14-12-18;/h8-14H,5-7,15-16H2,1-4H3;1H. The fourth-order valence-corrected chi connectivity index (χ4v) is 4.80. The monoisotopic (exact) mass is 463 g/mol. The quantitative estimate of drug-likeness (QED) is 0.365. The summed E-state index contributed by atoms with van der Waals surface area (Å²) >= 11 is 3.28. The van der Waals surface area contributed by atoms with Crippen molar-refractivity contribution in [3.8, 4) is 0 Å². The van der Waals surface area contributed by atoms with Gasteiger partial charge in [0.2, 0.25) is 0 Å². The van der Waals surface area contributed by atoms with E-state index >= 15 is 0 Å². The Morgan fingerprint density at radius 3 is 2.33 bits per heavy atom. The van der Waals surface area contributed by atoms with Gasteiger partial charge in [0.1, 0.15) is 0 Å². The van der Waals surface area contributed by atoms with E-state index in [1.165, 1.54) is 5.56 Å². The molecule has 7 heteroatoms. The highest BCUT2D eigenvalue weighted by atomic mass is 35.5. The minimum absolute atomic E-state index is 0. The number of rotatable bonds is 9. The Hall–Kier alpha value is -1.60. The number of aryl methyl sites for hydroxylation is 1. The first-order chi connectivity index (χ1) is 14.1. The van der Waals surface area contributed by atoms with E-state index in [4.69, 9.17) is 4.98 Å². The van der Waals surface area contributed by atoms with Gasteiger partial charge >= 0.3 is 0 Å². The topological polar surface area (TPSA) is 36.4 Å². The maximum atomic E-state index is 13.4. The van der Waals surface area contributed by atoms with E-state index in [1.54, 1.807) is 23.1 Å². The molecule has 0 atom stereocenters. The van der Waals surface area contributed by atoms with Gasteiger partial charge in [-0.2, -0.15) is 0 Å². The van der Waals surface area contributed by atoms with E-state index in [0.717, 1.165) is 46.3 Å². The molecule has 30 heavy (non-hydrogen) atoms. The second-order valence-electron chi connectivity index (χ2n) is 6.83. The summed E-state index contributed by atoms with van der Waals surface area (Å²) < 4.78 is 1.14. The summed E-state index contributed by atoms with van der Waals surface area (Å²) in [5.74, 6) is 0.0157. The smallest absolute Gasteiger partial charge is 0.260 e. The molecule has 0 aliphatic heterocycles. The van der Waals surface area contributed by atoms with Gasteiger partial charge in [-0.25, -0.2) is 4.98 Å². The number of fused-ring (bicyclic) bond motifs is 1. The third-order valence-corrected chi connectivity index (χ3v) is 7.01. The highest BCUT2D eigenvalue weighted by Crippen LogP contribution is 2.32. The van der Waals surface area contributed by atoms with Crippen LogP contribution in [0.5, 0.6) is 0 Å². The van der Waals surface area contributed by atoms with Crippen molar-refractivity contribution in [2.45, 2.75) is 32.1 Å². The summed E-state index contributed by atoms with van der Waals surface area (Å²) in [6.45, 7) is 9.86. The fraction of sp³-hybridized carbons (Fsp3) is 0.391. The van der Waals surface area contributed by atoms with E-state index in [-0.39, 0.29) is 18.3 Å². The number of thiazole rings is 1. The van der Waals surface area contributed by atoms with Crippen molar-refractivity contribution in [3.63, 3.8) is 0 Å². The number of hydrogen-bond donors (Lipinski definition) is 0. The minimum atomic E-state index is 0. The number of likely N-dealkylation sites (N-methyl/N-ethyl adjacent to an activating group) is 1. The van der Waals surface area contributed by atoms with E-state index in [1.807, 2.05) is 35.4 Å². The number of thioether (sulfide) groups is 1. The van der Waals surface area contributed by atoms with Gasteiger partial charge in [-0.1, -0.05) is 44.2 Å². The molecule has 0 N–H and O–H groups in total. The predicted molar refractivity (Wildman–Crippen MR) is 134 cm³/mol. The van der Waals surface area contributed by atoms with Gasteiger partial charge in [-0.05, 0) is 61.7 Å². The zero-order valence-electron chi connectivity index (χ0n) is 18.1. The lowest BCUT2D eigenvalue weighted by molar-refractivity contribution is 0.0983. The Bertz CT molecular complexity index is 955. The Balaban J connectivity index is 0.00000320. The first-order valence-electron chi connectivity index (χ1n) is 10.2. The molecule has 1 heterocycles. The molecule has 1 aromatic heterocycles. The molecule has 0 bridgehead atoms. The minimum Gasteiger partial charge on any atom is -0.302 e. The summed E-state index contributed by atoms with van der Waals surface area (Å²) in [4.78, 5) is 23.7. The van der Waals surface area contributed by atoms with Crippen LogP contribution in [0.25, 0.3) is 10.2 Å². The molecule has 4 nitrogen and oxygen atoms in total. The molecule has 162 valence electrons. The Labute approximate surface area is 194 Å². The van der Waals surface area contributed by atoms with Crippen molar-refractivity contribution < 1.29 is 4.79 Å². The zero-order chi connectivity index (χ0) is 20.8. The number of anilines is 1. The van der Waals surface area contributed by atoms with Crippen LogP contribution in [0.1, 0.15) is 36.7 Å². The SMILES string of the molecule is CCc1cccc2sc(N(CCN(CC)CC)C(=O)c3ccc(SC)cc3)nc12.Cl. The molecule has 0 radical (unpaired) electrons. The maximum absolute atomic E-state index is 13.4. The average Bonchev–Trinajstić information content (AvgIpc) is 3.20. The number of carbonyl (C=O) groups is 1. The van der Waals surface area contributed by atoms with E-state index < -0.39 is 0 Å². The van der Waals surface area contributed by atoms with E-state index in [9.17, 15) is 4.79 Å². The summed E-state index contributed by atoms with van der Waals surface area (Å²) in [5, 5.41) is 0.784. The van der Waals surface area contributed by atoms with Crippen molar-refractivity contribution in [1.29, 1.82) is 0 Å². The second-order valence-corrected chi connectivity index (χ2v) is 8.71. The van der Waals surface area contributed by atoms with Crippen molar-refractivity contribution in [1.82, 2.24) is 9.88 Å². The van der Waals surface area contributed by atoms with Crippen LogP contribution in [0.3, 0.4) is 0 Å². The first kappa shape index (κ1) is 24.7. The van der Waals surface area contributed by atoms with Gasteiger partial charge < -0.3 is 4.90 Å². The van der Waals surface area contributed by atoms with Gasteiger partial charge in [-0.15, -0.1) is 24.2 Å². The Morgan fingerprint density at radius 1 is 1.03 bits per heavy atom. The molecule has 1 amide bonds. The summed E-state index contributed by atoms with van der Waals surface area (Å²) in [7, 11) is 0. The van der Waals surface area contributed by atoms with Crippen molar-refractivity contribution >= 4 is 56.8 Å². The molecule has 3 aromatic rings. The molecule has 2 aromatic carbocycles. The normalized spacial score (nSPS) is 11.0. The van der Waals surface area contributed by atoms with E-state index in [0.29, 0.717) is 12.1 Å².